The van der Waals surface area contributed by atoms with Crippen molar-refractivity contribution in [1.29, 1.82) is 0 Å². The molecule has 6 heteroatoms. The van der Waals surface area contributed by atoms with Gasteiger partial charge in [-0.25, -0.2) is 4.79 Å². The standard InChI is InChI=1S/C26H27N3O3/c1-27-25(32)29(18-20-9-10-21-6-2-3-7-22(21)15-20)24(31)26(27)11-13-28(14-12-26)17-19-5-4-8-23(30)16-19/h2-10,15-16,30H,11-14,17-18H2,1H3. The lowest BCUT2D eigenvalue weighted by molar-refractivity contribution is -0.135. The van der Waals surface area contributed by atoms with Gasteiger partial charge in [-0.3, -0.25) is 14.6 Å². The van der Waals surface area contributed by atoms with E-state index in [1.165, 1.54) is 4.90 Å². The van der Waals surface area contributed by atoms with Gasteiger partial charge in [-0.1, -0.05) is 48.5 Å². The molecule has 0 unspecified atom stereocenters. The molecule has 6 nitrogen and oxygen atoms in total. The second-order valence-corrected chi connectivity index (χ2v) is 8.89. The van der Waals surface area contributed by atoms with Gasteiger partial charge in [0.2, 0.25) is 0 Å². The zero-order valence-corrected chi connectivity index (χ0v) is 18.2. The number of hydrogen-bond donors (Lipinski definition) is 1. The normalized spacial score (nSPS) is 18.8. The molecule has 3 amide bonds. The molecule has 3 aromatic carbocycles. The van der Waals surface area contributed by atoms with Crippen LogP contribution in [0, 0.1) is 0 Å². The largest absolute Gasteiger partial charge is 0.508 e. The number of piperidine rings is 1. The van der Waals surface area contributed by atoms with E-state index in [1.807, 2.05) is 42.5 Å². The minimum Gasteiger partial charge on any atom is -0.508 e. The first kappa shape index (κ1) is 20.5. The van der Waals surface area contributed by atoms with Crippen molar-refractivity contribution in [2.45, 2.75) is 31.5 Å². The van der Waals surface area contributed by atoms with Crippen LogP contribution in [0.25, 0.3) is 10.8 Å². The maximum absolute atomic E-state index is 13.5. The minimum atomic E-state index is -0.761. The molecule has 1 spiro atoms. The van der Waals surface area contributed by atoms with E-state index in [0.717, 1.165) is 41.5 Å². The Hall–Kier alpha value is -3.38. The van der Waals surface area contributed by atoms with Gasteiger partial charge < -0.3 is 10.0 Å². The molecule has 0 radical (unpaired) electrons. The Morgan fingerprint density at radius 3 is 2.31 bits per heavy atom. The smallest absolute Gasteiger partial charge is 0.327 e. The summed E-state index contributed by atoms with van der Waals surface area (Å²) in [5.41, 5.74) is 1.24. The van der Waals surface area contributed by atoms with Gasteiger partial charge in [0.25, 0.3) is 5.91 Å². The van der Waals surface area contributed by atoms with Crippen molar-refractivity contribution in [3.05, 3.63) is 77.9 Å². The van der Waals surface area contributed by atoms with Crippen molar-refractivity contribution in [3.63, 3.8) is 0 Å². The first-order chi connectivity index (χ1) is 15.5. The topological polar surface area (TPSA) is 64.1 Å². The molecule has 0 bridgehead atoms. The fourth-order valence-electron chi connectivity index (χ4n) is 5.05. The van der Waals surface area contributed by atoms with Crippen LogP contribution in [0.1, 0.15) is 24.0 Å². The molecule has 2 aliphatic heterocycles. The van der Waals surface area contributed by atoms with Crippen LogP contribution >= 0.6 is 0 Å². The molecular weight excluding hydrogens is 402 g/mol. The molecule has 5 rings (SSSR count). The highest BCUT2D eigenvalue weighted by molar-refractivity contribution is 6.07. The third-order valence-corrected chi connectivity index (χ3v) is 6.96. The first-order valence-electron chi connectivity index (χ1n) is 11.0. The first-order valence-corrected chi connectivity index (χ1v) is 11.0. The third-order valence-electron chi connectivity index (χ3n) is 6.96. The van der Waals surface area contributed by atoms with Crippen LogP contribution in [0.5, 0.6) is 5.75 Å². The summed E-state index contributed by atoms with van der Waals surface area (Å²) in [4.78, 5) is 31.9. The number of likely N-dealkylation sites (tertiary alicyclic amines) is 1. The zero-order valence-electron chi connectivity index (χ0n) is 18.2. The van der Waals surface area contributed by atoms with Crippen LogP contribution < -0.4 is 0 Å². The van der Waals surface area contributed by atoms with Gasteiger partial charge >= 0.3 is 6.03 Å². The lowest BCUT2D eigenvalue weighted by atomic mass is 9.86. The monoisotopic (exact) mass is 429 g/mol. The molecule has 3 aromatic rings. The Labute approximate surface area is 187 Å². The highest BCUT2D eigenvalue weighted by Gasteiger charge is 2.56. The molecule has 2 fully saturated rings. The van der Waals surface area contributed by atoms with Crippen LogP contribution in [0.2, 0.25) is 0 Å². The summed E-state index contributed by atoms with van der Waals surface area (Å²) in [6.45, 7) is 2.46. The number of likely N-dealkylation sites (N-methyl/N-ethyl adjacent to an activating group) is 1. The molecule has 0 aliphatic carbocycles. The molecule has 164 valence electrons. The van der Waals surface area contributed by atoms with Gasteiger partial charge in [0.05, 0.1) is 6.54 Å². The lowest BCUT2D eigenvalue weighted by Crippen LogP contribution is -2.55. The maximum Gasteiger partial charge on any atom is 0.327 e. The van der Waals surface area contributed by atoms with Crippen molar-refractivity contribution in [2.75, 3.05) is 20.1 Å². The van der Waals surface area contributed by atoms with Crippen molar-refractivity contribution >= 4 is 22.7 Å². The maximum atomic E-state index is 13.5. The molecule has 2 heterocycles. The summed E-state index contributed by atoms with van der Waals surface area (Å²) in [5, 5.41) is 12.0. The quantitative estimate of drug-likeness (QED) is 0.638. The summed E-state index contributed by atoms with van der Waals surface area (Å²) in [6.07, 6.45) is 1.22. The Morgan fingerprint density at radius 2 is 1.56 bits per heavy atom. The van der Waals surface area contributed by atoms with Gasteiger partial charge in [-0.2, -0.15) is 0 Å². The fraction of sp³-hybridized carbons (Fsp3) is 0.308. The van der Waals surface area contributed by atoms with Gasteiger partial charge in [-0.05, 0) is 52.9 Å². The van der Waals surface area contributed by atoms with Crippen LogP contribution in [-0.2, 0) is 17.9 Å². The van der Waals surface area contributed by atoms with E-state index in [4.69, 9.17) is 0 Å². The number of amides is 3. The number of carbonyl (C=O) groups is 2. The van der Waals surface area contributed by atoms with Gasteiger partial charge in [0.15, 0.2) is 0 Å². The van der Waals surface area contributed by atoms with E-state index in [0.29, 0.717) is 19.4 Å². The molecule has 2 saturated heterocycles. The second-order valence-electron chi connectivity index (χ2n) is 8.89. The number of urea groups is 1. The van der Waals surface area contributed by atoms with Crippen LogP contribution in [0.4, 0.5) is 4.79 Å². The van der Waals surface area contributed by atoms with E-state index in [1.54, 1.807) is 24.1 Å². The summed E-state index contributed by atoms with van der Waals surface area (Å²) >= 11 is 0. The predicted octanol–water partition coefficient (Wildman–Crippen LogP) is 3.97. The van der Waals surface area contributed by atoms with Gasteiger partial charge in [-0.15, -0.1) is 0 Å². The molecular formula is C26H27N3O3. The number of nitrogens with zero attached hydrogens (tertiary/aromatic N) is 3. The SMILES string of the molecule is CN1C(=O)N(Cc2ccc3ccccc3c2)C(=O)C12CCN(Cc1cccc(O)c1)CC2. The predicted molar refractivity (Wildman–Crippen MR) is 123 cm³/mol. The number of benzene rings is 3. The Morgan fingerprint density at radius 1 is 0.844 bits per heavy atom. The van der Waals surface area contributed by atoms with E-state index < -0.39 is 5.54 Å². The van der Waals surface area contributed by atoms with Gasteiger partial charge in [0.1, 0.15) is 11.3 Å². The van der Waals surface area contributed by atoms with Crippen molar-refractivity contribution < 1.29 is 14.7 Å². The molecule has 1 N–H and O–H groups in total. The Kier molecular flexibility index (Phi) is 5.10. The number of carbonyl (C=O) groups excluding carboxylic acids is 2. The highest BCUT2D eigenvalue weighted by atomic mass is 16.3. The number of fused-ring (bicyclic) bond motifs is 1. The van der Waals surface area contributed by atoms with Crippen molar-refractivity contribution in [1.82, 2.24) is 14.7 Å². The van der Waals surface area contributed by atoms with Crippen molar-refractivity contribution in [2.24, 2.45) is 0 Å². The average molecular weight is 430 g/mol. The number of rotatable bonds is 4. The highest BCUT2D eigenvalue weighted by Crippen LogP contribution is 2.37. The van der Waals surface area contributed by atoms with E-state index >= 15 is 0 Å². The van der Waals surface area contributed by atoms with E-state index in [9.17, 15) is 14.7 Å². The summed E-state index contributed by atoms with van der Waals surface area (Å²) in [5.74, 6) is 0.173. The van der Waals surface area contributed by atoms with E-state index in [2.05, 4.69) is 17.0 Å². The van der Waals surface area contributed by atoms with Crippen LogP contribution in [0.15, 0.2) is 66.7 Å². The summed E-state index contributed by atoms with van der Waals surface area (Å²) in [7, 11) is 1.76. The number of phenolic OH excluding ortho intramolecular Hbond substituents is 1. The Balaban J connectivity index is 1.30. The molecule has 0 atom stereocenters. The number of phenols is 1. The molecule has 0 aromatic heterocycles. The van der Waals surface area contributed by atoms with E-state index in [-0.39, 0.29) is 17.7 Å². The second kappa shape index (κ2) is 7.95. The number of aromatic hydroxyl groups is 1. The van der Waals surface area contributed by atoms with Crippen LogP contribution in [0.3, 0.4) is 0 Å². The molecule has 32 heavy (non-hydrogen) atoms. The van der Waals surface area contributed by atoms with Crippen LogP contribution in [-0.4, -0.2) is 57.4 Å². The lowest BCUT2D eigenvalue weighted by Gasteiger charge is -2.40. The van der Waals surface area contributed by atoms with Gasteiger partial charge in [0, 0.05) is 26.7 Å². The number of imide groups is 1. The Bertz CT molecular complexity index is 1180. The molecule has 2 aliphatic rings. The fourth-order valence-corrected chi connectivity index (χ4v) is 5.05. The molecule has 0 saturated carbocycles. The minimum absolute atomic E-state index is 0.0878. The number of hydrogen-bond acceptors (Lipinski definition) is 4. The zero-order chi connectivity index (χ0) is 22.3. The third kappa shape index (κ3) is 3.50. The van der Waals surface area contributed by atoms with Crippen molar-refractivity contribution in [3.8, 4) is 5.75 Å². The summed E-state index contributed by atoms with van der Waals surface area (Å²) < 4.78 is 0. The summed E-state index contributed by atoms with van der Waals surface area (Å²) in [6, 6.07) is 21.2. The average Bonchev–Trinajstić information content (AvgIpc) is 2.97.